The highest BCUT2D eigenvalue weighted by Gasteiger charge is 2.10. The molecule has 0 fully saturated rings. The highest BCUT2D eigenvalue weighted by atomic mass is 127. The van der Waals surface area contributed by atoms with Gasteiger partial charge in [0.05, 0.1) is 27.3 Å². The molecule has 1 N–H and O–H groups in total. The van der Waals surface area contributed by atoms with Crippen LogP contribution in [0.2, 0.25) is 0 Å². The summed E-state index contributed by atoms with van der Waals surface area (Å²) in [6, 6.07) is 28.4. The number of nitrogens with one attached hydrogen (secondary N) is 1. The maximum absolute atomic E-state index is 9.75. The molecular weight excluding hydrogens is 537 g/mol. The monoisotopic (exact) mass is 557 g/mol. The van der Waals surface area contributed by atoms with E-state index in [-0.39, 0.29) is 0 Å². The average Bonchev–Trinajstić information content (AvgIpc) is 3.29. The predicted molar refractivity (Wildman–Crippen MR) is 144 cm³/mol. The van der Waals surface area contributed by atoms with Crippen LogP contribution in [0.25, 0.3) is 33.5 Å². The van der Waals surface area contributed by atoms with E-state index in [1.54, 1.807) is 7.11 Å². The van der Waals surface area contributed by atoms with Crippen LogP contribution < -0.4 is 9.47 Å². The molecule has 0 saturated heterocycles. The fourth-order valence-corrected chi connectivity index (χ4v) is 4.47. The van der Waals surface area contributed by atoms with Crippen molar-refractivity contribution in [1.29, 1.82) is 5.26 Å². The molecule has 0 aliphatic carbocycles. The zero-order valence-corrected chi connectivity index (χ0v) is 20.5. The van der Waals surface area contributed by atoms with Gasteiger partial charge in [-0.15, -0.1) is 0 Å². The molecule has 0 spiro atoms. The van der Waals surface area contributed by atoms with Crippen LogP contribution in [0.4, 0.5) is 0 Å². The van der Waals surface area contributed by atoms with Crippen molar-refractivity contribution in [2.75, 3.05) is 7.11 Å². The molecule has 0 unspecified atom stereocenters. The number of fused-ring (bicyclic) bond motifs is 2. The van der Waals surface area contributed by atoms with E-state index in [4.69, 9.17) is 9.47 Å². The maximum atomic E-state index is 9.75. The second-order valence-electron chi connectivity index (χ2n) is 7.80. The molecule has 4 aromatic carbocycles. The smallest absolute Gasteiger partial charge is 0.149 e. The maximum Gasteiger partial charge on any atom is 0.149 e. The molecule has 1 heterocycles. The Morgan fingerprint density at radius 2 is 1.88 bits per heavy atom. The van der Waals surface area contributed by atoms with E-state index < -0.39 is 0 Å². The third-order valence-electron chi connectivity index (χ3n) is 5.54. The summed E-state index contributed by atoms with van der Waals surface area (Å²) in [6.45, 7) is 0.488. The normalized spacial score (nSPS) is 11.5. The summed E-state index contributed by atoms with van der Waals surface area (Å²) < 4.78 is 12.3. The van der Waals surface area contributed by atoms with Gasteiger partial charge in [-0.3, -0.25) is 0 Å². The Kier molecular flexibility index (Phi) is 6.19. The molecule has 0 amide bonds. The van der Waals surface area contributed by atoms with Gasteiger partial charge in [0.15, 0.2) is 0 Å². The third kappa shape index (κ3) is 4.61. The van der Waals surface area contributed by atoms with Crippen LogP contribution in [0.5, 0.6) is 11.5 Å². The van der Waals surface area contributed by atoms with Crippen LogP contribution in [0.15, 0.2) is 78.9 Å². The first kappa shape index (κ1) is 22.0. The van der Waals surface area contributed by atoms with Crippen LogP contribution in [0, 0.1) is 14.9 Å². The van der Waals surface area contributed by atoms with E-state index in [9.17, 15) is 5.26 Å². The van der Waals surface area contributed by atoms with Gasteiger partial charge in [0.25, 0.3) is 0 Å². The first-order valence-electron chi connectivity index (χ1n) is 10.7. The molecule has 5 nitrogen and oxygen atoms in total. The molecule has 0 aliphatic rings. The third-order valence-corrected chi connectivity index (χ3v) is 6.38. The number of aromatic amines is 1. The molecule has 0 aliphatic heterocycles. The number of rotatable bonds is 6. The number of allylic oxidation sites excluding steroid dienone is 1. The van der Waals surface area contributed by atoms with E-state index >= 15 is 0 Å². The number of halogens is 1. The fraction of sp³-hybridized carbons (Fsp3) is 0.0714. The number of hydrogen-bond donors (Lipinski definition) is 1. The summed E-state index contributed by atoms with van der Waals surface area (Å²) in [6.07, 6.45) is 1.82. The number of aromatic nitrogens is 2. The summed E-state index contributed by atoms with van der Waals surface area (Å²) in [7, 11) is 1.62. The highest BCUT2D eigenvalue weighted by Crippen LogP contribution is 2.27. The first-order chi connectivity index (χ1) is 16.6. The van der Waals surface area contributed by atoms with E-state index in [1.807, 2.05) is 54.6 Å². The van der Waals surface area contributed by atoms with E-state index in [1.165, 1.54) is 10.8 Å². The standard InChI is InChI=1S/C28H20IN3O2/c1-33-23-9-10-25-26(15-23)32-28(31-25)22(16-30)12-18-7-11-27(24(29)14-18)34-17-19-6-8-20-4-2-3-5-21(20)13-19/h2-15H,17H2,1H3,(H,31,32)/b22-12-. The minimum atomic E-state index is 0.454. The number of ether oxygens (including phenoxy) is 2. The van der Waals surface area contributed by atoms with Gasteiger partial charge in [0.2, 0.25) is 0 Å². The molecular formula is C28H20IN3O2. The van der Waals surface area contributed by atoms with Gasteiger partial charge in [-0.1, -0.05) is 42.5 Å². The number of hydrogen-bond acceptors (Lipinski definition) is 4. The lowest BCUT2D eigenvalue weighted by Gasteiger charge is -2.10. The van der Waals surface area contributed by atoms with Gasteiger partial charge < -0.3 is 14.5 Å². The Morgan fingerprint density at radius 1 is 1.03 bits per heavy atom. The quantitative estimate of drug-likeness (QED) is 0.181. The van der Waals surface area contributed by atoms with Gasteiger partial charge in [0, 0.05) is 6.07 Å². The number of H-pyrrole nitrogens is 1. The minimum absolute atomic E-state index is 0.454. The average molecular weight is 557 g/mol. The molecule has 0 saturated carbocycles. The van der Waals surface area contributed by atoms with Crippen molar-refractivity contribution in [3.05, 3.63) is 99.4 Å². The second-order valence-corrected chi connectivity index (χ2v) is 8.96. The minimum Gasteiger partial charge on any atom is -0.497 e. The predicted octanol–water partition coefficient (Wildman–Crippen LogP) is 6.97. The van der Waals surface area contributed by atoms with Crippen molar-refractivity contribution in [3.63, 3.8) is 0 Å². The summed E-state index contributed by atoms with van der Waals surface area (Å²) in [5.41, 5.74) is 4.08. The largest absolute Gasteiger partial charge is 0.497 e. The second kappa shape index (κ2) is 9.57. The van der Waals surface area contributed by atoms with Crippen LogP contribution in [-0.4, -0.2) is 17.1 Å². The zero-order valence-electron chi connectivity index (χ0n) is 18.4. The molecule has 0 radical (unpaired) electrons. The summed E-state index contributed by atoms with van der Waals surface area (Å²) in [4.78, 5) is 7.76. The van der Waals surface area contributed by atoms with Crippen molar-refractivity contribution in [1.82, 2.24) is 9.97 Å². The molecule has 34 heavy (non-hydrogen) atoms. The van der Waals surface area contributed by atoms with Crippen molar-refractivity contribution in [2.45, 2.75) is 6.61 Å². The Morgan fingerprint density at radius 3 is 2.68 bits per heavy atom. The lowest BCUT2D eigenvalue weighted by atomic mass is 10.1. The van der Waals surface area contributed by atoms with E-state index in [0.717, 1.165) is 37.2 Å². The zero-order chi connectivity index (χ0) is 23.5. The number of methoxy groups -OCH3 is 1. The van der Waals surface area contributed by atoms with E-state index in [0.29, 0.717) is 18.0 Å². The molecule has 6 heteroatoms. The van der Waals surface area contributed by atoms with Crippen molar-refractivity contribution in [2.24, 2.45) is 0 Å². The highest BCUT2D eigenvalue weighted by molar-refractivity contribution is 14.1. The Labute approximate surface area is 210 Å². The first-order valence-corrected chi connectivity index (χ1v) is 11.8. The number of nitriles is 1. The molecule has 5 aromatic rings. The van der Waals surface area contributed by atoms with Crippen LogP contribution in [0.1, 0.15) is 17.0 Å². The summed E-state index contributed by atoms with van der Waals surface area (Å²) in [5.74, 6) is 2.07. The fourth-order valence-electron chi connectivity index (χ4n) is 3.78. The Hall–Kier alpha value is -3.83. The lowest BCUT2D eigenvalue weighted by Crippen LogP contribution is -1.97. The van der Waals surface area contributed by atoms with Gasteiger partial charge in [-0.2, -0.15) is 5.26 Å². The Bertz CT molecular complexity index is 1580. The van der Waals surface area contributed by atoms with Crippen molar-refractivity contribution in [3.8, 4) is 17.6 Å². The van der Waals surface area contributed by atoms with E-state index in [2.05, 4.69) is 69.0 Å². The molecule has 0 atom stereocenters. The van der Waals surface area contributed by atoms with Gasteiger partial charge in [0.1, 0.15) is 30.0 Å². The molecule has 0 bridgehead atoms. The molecule has 5 rings (SSSR count). The molecule has 1 aromatic heterocycles. The summed E-state index contributed by atoms with van der Waals surface area (Å²) in [5, 5.41) is 12.2. The molecule has 166 valence electrons. The van der Waals surface area contributed by atoms with Gasteiger partial charge >= 0.3 is 0 Å². The van der Waals surface area contributed by atoms with Gasteiger partial charge in [-0.05, 0) is 80.9 Å². The van der Waals surface area contributed by atoms with Crippen LogP contribution in [-0.2, 0) is 6.61 Å². The van der Waals surface area contributed by atoms with Crippen molar-refractivity contribution < 1.29 is 9.47 Å². The SMILES string of the molecule is COc1ccc2nc(/C(C#N)=C\c3ccc(OCc4ccc5ccccc5c4)c(I)c3)[nH]c2c1. The number of nitrogens with zero attached hydrogens (tertiary/aromatic N) is 2. The van der Waals surface area contributed by atoms with Gasteiger partial charge in [-0.25, -0.2) is 4.98 Å². The number of imidazole rings is 1. The number of benzene rings is 4. The Balaban J connectivity index is 1.35. The lowest BCUT2D eigenvalue weighted by molar-refractivity contribution is 0.304. The topological polar surface area (TPSA) is 70.9 Å². The van der Waals surface area contributed by atoms with Crippen LogP contribution in [0.3, 0.4) is 0 Å². The van der Waals surface area contributed by atoms with Crippen molar-refractivity contribution >= 4 is 56.0 Å². The summed E-state index contributed by atoms with van der Waals surface area (Å²) >= 11 is 2.26. The van der Waals surface area contributed by atoms with Crippen LogP contribution >= 0.6 is 22.6 Å².